The van der Waals surface area contributed by atoms with E-state index in [1.54, 1.807) is 26.1 Å². The Morgan fingerprint density at radius 2 is 2.11 bits per heavy atom. The first-order chi connectivity index (χ1) is 8.04. The van der Waals surface area contributed by atoms with Crippen molar-refractivity contribution in [3.63, 3.8) is 0 Å². The van der Waals surface area contributed by atoms with Crippen LogP contribution in [-0.4, -0.2) is 19.5 Å². The van der Waals surface area contributed by atoms with E-state index < -0.39 is 0 Å². The molecule has 0 bridgehead atoms. The number of carbonyl (C=O) groups excluding carboxylic acids is 1. The minimum absolute atomic E-state index is 0. The van der Waals surface area contributed by atoms with Crippen molar-refractivity contribution in [1.82, 2.24) is 10.6 Å². The highest BCUT2D eigenvalue weighted by Crippen LogP contribution is 2.16. The highest BCUT2D eigenvalue weighted by Gasteiger charge is 2.10. The highest BCUT2D eigenvalue weighted by molar-refractivity contribution is 5.85. The average Bonchev–Trinajstić information content (AvgIpc) is 2.30. The van der Waals surface area contributed by atoms with E-state index in [2.05, 4.69) is 10.6 Å². The van der Waals surface area contributed by atoms with E-state index in [0.29, 0.717) is 18.5 Å². The van der Waals surface area contributed by atoms with E-state index in [9.17, 15) is 9.18 Å². The first-order valence-electron chi connectivity index (χ1n) is 5.74. The standard InChI is InChI=1S/C13H19FN2O.ClH/c1-9-8-11(4-5-12(9)14)10(2)16-13(17)6-7-15-3;/h4-5,8,10,15H,6-7H2,1-3H3,(H,16,17);1H. The molecule has 1 aromatic carbocycles. The summed E-state index contributed by atoms with van der Waals surface area (Å²) in [4.78, 5) is 11.5. The first kappa shape index (κ1) is 16.9. The Morgan fingerprint density at radius 3 is 2.67 bits per heavy atom. The van der Waals surface area contributed by atoms with Gasteiger partial charge in [0.2, 0.25) is 5.91 Å². The van der Waals surface area contributed by atoms with Gasteiger partial charge >= 0.3 is 0 Å². The summed E-state index contributed by atoms with van der Waals surface area (Å²) in [6, 6.07) is 4.80. The predicted molar refractivity (Wildman–Crippen MR) is 73.5 cm³/mol. The summed E-state index contributed by atoms with van der Waals surface area (Å²) in [6.07, 6.45) is 0.445. The van der Waals surface area contributed by atoms with Crippen LogP contribution in [-0.2, 0) is 4.79 Å². The number of hydrogen-bond acceptors (Lipinski definition) is 2. The fourth-order valence-electron chi connectivity index (χ4n) is 1.57. The van der Waals surface area contributed by atoms with Crippen molar-refractivity contribution >= 4 is 18.3 Å². The Labute approximate surface area is 114 Å². The summed E-state index contributed by atoms with van der Waals surface area (Å²) in [5.74, 6) is -0.226. The Kier molecular flexibility index (Phi) is 7.55. The molecule has 102 valence electrons. The number of nitrogens with one attached hydrogen (secondary N) is 2. The van der Waals surface area contributed by atoms with E-state index in [0.717, 1.165) is 5.56 Å². The van der Waals surface area contributed by atoms with Crippen LogP contribution in [0.4, 0.5) is 4.39 Å². The highest BCUT2D eigenvalue weighted by atomic mass is 35.5. The van der Waals surface area contributed by atoms with Crippen LogP contribution < -0.4 is 10.6 Å². The van der Waals surface area contributed by atoms with Gasteiger partial charge in [-0.15, -0.1) is 12.4 Å². The number of rotatable bonds is 5. The summed E-state index contributed by atoms with van der Waals surface area (Å²) in [7, 11) is 1.81. The fourth-order valence-corrected chi connectivity index (χ4v) is 1.57. The number of aryl methyl sites for hydroxylation is 1. The molecule has 0 saturated heterocycles. The van der Waals surface area contributed by atoms with Gasteiger partial charge in [-0.05, 0) is 38.1 Å². The van der Waals surface area contributed by atoms with Crippen LogP contribution >= 0.6 is 12.4 Å². The zero-order chi connectivity index (χ0) is 12.8. The van der Waals surface area contributed by atoms with Gasteiger partial charge in [0, 0.05) is 13.0 Å². The summed E-state index contributed by atoms with van der Waals surface area (Å²) in [5, 5.41) is 5.79. The number of halogens is 2. The molecule has 0 saturated carbocycles. The Bertz CT molecular complexity index is 399. The van der Waals surface area contributed by atoms with Crippen molar-refractivity contribution in [3.8, 4) is 0 Å². The zero-order valence-electron chi connectivity index (χ0n) is 10.9. The van der Waals surface area contributed by atoms with Crippen molar-refractivity contribution in [2.45, 2.75) is 26.3 Å². The molecule has 3 nitrogen and oxygen atoms in total. The molecule has 0 spiro atoms. The average molecular weight is 275 g/mol. The predicted octanol–water partition coefficient (Wildman–Crippen LogP) is 2.34. The van der Waals surface area contributed by atoms with Crippen molar-refractivity contribution in [2.75, 3.05) is 13.6 Å². The van der Waals surface area contributed by atoms with E-state index in [4.69, 9.17) is 0 Å². The molecule has 0 fully saturated rings. The summed E-state index contributed by atoms with van der Waals surface area (Å²) in [5.41, 5.74) is 1.51. The molecule has 0 aliphatic heterocycles. The quantitative estimate of drug-likeness (QED) is 0.865. The molecule has 2 N–H and O–H groups in total. The second kappa shape index (κ2) is 8.06. The second-order valence-corrected chi connectivity index (χ2v) is 4.15. The third-order valence-electron chi connectivity index (χ3n) is 2.66. The molecule has 1 aromatic rings. The molecule has 0 radical (unpaired) electrons. The molecule has 1 amide bonds. The number of amides is 1. The molecule has 1 atom stereocenters. The molecule has 0 aliphatic carbocycles. The summed E-state index contributed by atoms with van der Waals surface area (Å²) in [6.45, 7) is 4.26. The Balaban J connectivity index is 0.00000289. The van der Waals surface area contributed by atoms with E-state index in [1.165, 1.54) is 6.07 Å². The molecule has 18 heavy (non-hydrogen) atoms. The lowest BCUT2D eigenvalue weighted by Crippen LogP contribution is -2.29. The molecular formula is C13H20ClFN2O. The maximum absolute atomic E-state index is 13.1. The minimum atomic E-state index is -0.220. The van der Waals surface area contributed by atoms with Crippen LogP contribution in [0, 0.1) is 12.7 Å². The van der Waals surface area contributed by atoms with Crippen molar-refractivity contribution in [1.29, 1.82) is 0 Å². The van der Waals surface area contributed by atoms with Gasteiger partial charge in [-0.2, -0.15) is 0 Å². The normalized spacial score (nSPS) is 11.6. The van der Waals surface area contributed by atoms with Gasteiger partial charge < -0.3 is 10.6 Å². The topological polar surface area (TPSA) is 41.1 Å². The third-order valence-corrected chi connectivity index (χ3v) is 2.66. The second-order valence-electron chi connectivity index (χ2n) is 4.15. The maximum atomic E-state index is 13.1. The van der Waals surface area contributed by atoms with Crippen molar-refractivity contribution in [2.24, 2.45) is 0 Å². The largest absolute Gasteiger partial charge is 0.350 e. The van der Waals surface area contributed by atoms with Gasteiger partial charge in [-0.1, -0.05) is 12.1 Å². The van der Waals surface area contributed by atoms with Gasteiger partial charge in [0.05, 0.1) is 6.04 Å². The number of carbonyl (C=O) groups is 1. The van der Waals surface area contributed by atoms with Crippen LogP contribution in [0.3, 0.4) is 0 Å². The lowest BCUT2D eigenvalue weighted by molar-refractivity contribution is -0.121. The lowest BCUT2D eigenvalue weighted by atomic mass is 10.1. The van der Waals surface area contributed by atoms with E-state index >= 15 is 0 Å². The molecule has 5 heteroatoms. The maximum Gasteiger partial charge on any atom is 0.221 e. The minimum Gasteiger partial charge on any atom is -0.350 e. The molecular weight excluding hydrogens is 255 g/mol. The SMILES string of the molecule is CNCCC(=O)NC(C)c1ccc(F)c(C)c1.Cl. The van der Waals surface area contributed by atoms with E-state index in [-0.39, 0.29) is 30.2 Å². The van der Waals surface area contributed by atoms with Gasteiger partial charge in [0.25, 0.3) is 0 Å². The molecule has 0 aromatic heterocycles. The third kappa shape index (κ3) is 5.02. The van der Waals surface area contributed by atoms with Crippen LogP contribution in [0.25, 0.3) is 0 Å². The van der Waals surface area contributed by atoms with Crippen LogP contribution in [0.5, 0.6) is 0 Å². The Hall–Kier alpha value is -1.13. The molecule has 1 rings (SSSR count). The molecule has 0 heterocycles. The van der Waals surface area contributed by atoms with E-state index in [1.807, 2.05) is 6.92 Å². The van der Waals surface area contributed by atoms with Crippen LogP contribution in [0.15, 0.2) is 18.2 Å². The summed E-state index contributed by atoms with van der Waals surface area (Å²) < 4.78 is 13.1. The van der Waals surface area contributed by atoms with Crippen molar-refractivity contribution < 1.29 is 9.18 Å². The summed E-state index contributed by atoms with van der Waals surface area (Å²) >= 11 is 0. The van der Waals surface area contributed by atoms with Crippen molar-refractivity contribution in [3.05, 3.63) is 35.1 Å². The van der Waals surface area contributed by atoms with Gasteiger partial charge in [-0.3, -0.25) is 4.79 Å². The number of benzene rings is 1. The van der Waals surface area contributed by atoms with Crippen LogP contribution in [0.2, 0.25) is 0 Å². The van der Waals surface area contributed by atoms with Crippen LogP contribution in [0.1, 0.15) is 30.5 Å². The first-order valence-corrected chi connectivity index (χ1v) is 5.74. The fraction of sp³-hybridized carbons (Fsp3) is 0.462. The smallest absolute Gasteiger partial charge is 0.221 e. The molecule has 1 unspecified atom stereocenters. The van der Waals surface area contributed by atoms with Gasteiger partial charge in [-0.25, -0.2) is 4.39 Å². The molecule has 0 aliphatic rings. The zero-order valence-corrected chi connectivity index (χ0v) is 11.7. The lowest BCUT2D eigenvalue weighted by Gasteiger charge is -2.15. The Morgan fingerprint density at radius 1 is 1.44 bits per heavy atom. The number of hydrogen-bond donors (Lipinski definition) is 2. The monoisotopic (exact) mass is 274 g/mol. The van der Waals surface area contributed by atoms with Gasteiger partial charge in [0.1, 0.15) is 5.82 Å². The van der Waals surface area contributed by atoms with Gasteiger partial charge in [0.15, 0.2) is 0 Å².